The molecule has 0 bridgehead atoms. The van der Waals surface area contributed by atoms with Crippen LogP contribution in [0.1, 0.15) is 49.9 Å². The molecule has 0 aromatic heterocycles. The molecule has 0 atom stereocenters. The smallest absolute Gasteiger partial charge is 0.0159 e. The first-order valence-electron chi connectivity index (χ1n) is 24.2. The molecular formula is C68H48. The van der Waals surface area contributed by atoms with Gasteiger partial charge in [0.2, 0.25) is 0 Å². The topological polar surface area (TPSA) is 0 Å². The van der Waals surface area contributed by atoms with Gasteiger partial charge in [0, 0.05) is 10.8 Å². The van der Waals surface area contributed by atoms with E-state index >= 15 is 0 Å². The van der Waals surface area contributed by atoms with Crippen molar-refractivity contribution >= 4 is 53.9 Å². The van der Waals surface area contributed by atoms with Gasteiger partial charge in [-0.1, -0.05) is 234 Å². The summed E-state index contributed by atoms with van der Waals surface area (Å²) in [6.45, 7) is 9.70. The van der Waals surface area contributed by atoms with Crippen molar-refractivity contribution in [2.45, 2.75) is 38.5 Å². The molecule has 0 unspecified atom stereocenters. The summed E-state index contributed by atoms with van der Waals surface area (Å²) >= 11 is 0. The third-order valence-electron chi connectivity index (χ3n) is 16.0. The van der Waals surface area contributed by atoms with Gasteiger partial charge < -0.3 is 0 Å². The lowest BCUT2D eigenvalue weighted by atomic mass is 9.79. The fourth-order valence-electron chi connectivity index (χ4n) is 12.9. The Morgan fingerprint density at radius 3 is 0.779 bits per heavy atom. The Balaban J connectivity index is 0.939. The Morgan fingerprint density at radius 2 is 0.471 bits per heavy atom. The Morgan fingerprint density at radius 1 is 0.206 bits per heavy atom. The highest BCUT2D eigenvalue weighted by molar-refractivity contribution is 6.23. The zero-order chi connectivity index (χ0) is 45.5. The zero-order valence-electron chi connectivity index (χ0n) is 38.8. The molecule has 0 amide bonds. The van der Waals surface area contributed by atoms with E-state index in [0.29, 0.717) is 0 Å². The van der Waals surface area contributed by atoms with Crippen molar-refractivity contribution in [2.24, 2.45) is 0 Å². The minimum Gasteiger partial charge on any atom is -0.0622 e. The SMILES string of the molecule is CC1(C)c2cc(-c3c4ccccc4c(-c4ccccc4)c4ccccc34)ccc2-c2c1ccc1c3c(ccc21)C(C)(C)c1cc(-c2c4ccccc4c(-c4ccccc4)c4ccccc24)ccc1-3. The summed E-state index contributed by atoms with van der Waals surface area (Å²) in [5.74, 6) is 0. The Labute approximate surface area is 397 Å². The van der Waals surface area contributed by atoms with E-state index in [1.165, 1.54) is 143 Å². The van der Waals surface area contributed by atoms with Gasteiger partial charge in [0.15, 0.2) is 0 Å². The van der Waals surface area contributed by atoms with Gasteiger partial charge in [0.25, 0.3) is 0 Å². The number of rotatable bonds is 4. The summed E-state index contributed by atoms with van der Waals surface area (Å²) in [5.41, 5.74) is 20.9. The first-order valence-corrected chi connectivity index (χ1v) is 24.2. The summed E-state index contributed by atoms with van der Waals surface area (Å²) in [6, 6.07) is 82.3. The van der Waals surface area contributed by atoms with E-state index in [1.807, 2.05) is 0 Å². The van der Waals surface area contributed by atoms with E-state index in [0.717, 1.165) is 0 Å². The second-order valence-electron chi connectivity index (χ2n) is 20.3. The van der Waals surface area contributed by atoms with Crippen molar-refractivity contribution in [1.82, 2.24) is 0 Å². The predicted octanol–water partition coefficient (Wildman–Crippen LogP) is 18.7. The van der Waals surface area contributed by atoms with Crippen molar-refractivity contribution in [2.75, 3.05) is 0 Å². The molecule has 0 fully saturated rings. The summed E-state index contributed by atoms with van der Waals surface area (Å²) in [5, 5.41) is 13.0. The van der Waals surface area contributed by atoms with E-state index in [-0.39, 0.29) is 10.8 Å². The summed E-state index contributed by atoms with van der Waals surface area (Å²) in [4.78, 5) is 0. The van der Waals surface area contributed by atoms with Crippen LogP contribution in [0.3, 0.4) is 0 Å². The van der Waals surface area contributed by atoms with E-state index in [2.05, 4.69) is 246 Å². The fourth-order valence-corrected chi connectivity index (χ4v) is 12.9. The van der Waals surface area contributed by atoms with Gasteiger partial charge in [0.05, 0.1) is 0 Å². The number of hydrogen-bond donors (Lipinski definition) is 0. The van der Waals surface area contributed by atoms with Crippen LogP contribution < -0.4 is 0 Å². The fraction of sp³-hybridized carbons (Fsp3) is 0.0882. The largest absolute Gasteiger partial charge is 0.0622 e. The highest BCUT2D eigenvalue weighted by Gasteiger charge is 2.40. The van der Waals surface area contributed by atoms with Gasteiger partial charge in [-0.3, -0.25) is 0 Å². The molecule has 0 N–H and O–H groups in total. The maximum atomic E-state index is 2.52. The van der Waals surface area contributed by atoms with E-state index < -0.39 is 0 Å². The summed E-state index contributed by atoms with van der Waals surface area (Å²) in [7, 11) is 0. The van der Waals surface area contributed by atoms with E-state index in [4.69, 9.17) is 0 Å². The van der Waals surface area contributed by atoms with Crippen LogP contribution in [0, 0.1) is 0 Å². The molecule has 320 valence electrons. The number of benzene rings is 12. The van der Waals surface area contributed by atoms with Gasteiger partial charge in [-0.25, -0.2) is 0 Å². The van der Waals surface area contributed by atoms with Crippen LogP contribution in [0.4, 0.5) is 0 Å². The average Bonchev–Trinajstić information content (AvgIpc) is 3.76. The van der Waals surface area contributed by atoms with E-state index in [1.54, 1.807) is 0 Å². The zero-order valence-corrected chi connectivity index (χ0v) is 38.8. The van der Waals surface area contributed by atoms with Crippen molar-refractivity contribution in [3.05, 3.63) is 241 Å². The van der Waals surface area contributed by atoms with Gasteiger partial charge >= 0.3 is 0 Å². The van der Waals surface area contributed by atoms with Crippen molar-refractivity contribution < 1.29 is 0 Å². The molecule has 2 aliphatic rings. The lowest BCUT2D eigenvalue weighted by Crippen LogP contribution is -2.15. The molecule has 0 aliphatic heterocycles. The van der Waals surface area contributed by atoms with Gasteiger partial charge in [-0.05, 0) is 155 Å². The molecule has 0 heterocycles. The molecule has 12 aromatic carbocycles. The second-order valence-corrected chi connectivity index (χ2v) is 20.3. The van der Waals surface area contributed by atoms with Crippen molar-refractivity contribution in [1.29, 1.82) is 0 Å². The molecule has 0 saturated heterocycles. The molecule has 68 heavy (non-hydrogen) atoms. The van der Waals surface area contributed by atoms with Crippen LogP contribution in [0.5, 0.6) is 0 Å². The van der Waals surface area contributed by atoms with Gasteiger partial charge in [0.1, 0.15) is 0 Å². The minimum atomic E-state index is -0.183. The highest BCUT2D eigenvalue weighted by Crippen LogP contribution is 2.58. The van der Waals surface area contributed by atoms with Crippen LogP contribution in [-0.4, -0.2) is 0 Å². The van der Waals surface area contributed by atoms with Gasteiger partial charge in [-0.15, -0.1) is 0 Å². The third-order valence-corrected chi connectivity index (χ3v) is 16.0. The lowest BCUT2D eigenvalue weighted by molar-refractivity contribution is 0.660. The lowest BCUT2D eigenvalue weighted by Gasteiger charge is -2.24. The summed E-state index contributed by atoms with van der Waals surface area (Å²) < 4.78 is 0. The molecule has 2 aliphatic carbocycles. The first-order chi connectivity index (χ1) is 33.3. The predicted molar refractivity (Wildman–Crippen MR) is 291 cm³/mol. The molecular weight excluding hydrogens is 817 g/mol. The second kappa shape index (κ2) is 14.2. The Bertz CT molecular complexity index is 3730. The summed E-state index contributed by atoms with van der Waals surface area (Å²) in [6.07, 6.45) is 0. The Kier molecular flexibility index (Phi) is 8.19. The minimum absolute atomic E-state index is 0.183. The van der Waals surface area contributed by atoms with Crippen LogP contribution >= 0.6 is 0 Å². The molecule has 12 aromatic rings. The van der Waals surface area contributed by atoms with Crippen LogP contribution in [-0.2, 0) is 10.8 Å². The molecule has 0 spiro atoms. The molecule has 0 saturated carbocycles. The maximum Gasteiger partial charge on any atom is 0.0159 e. The average molecular weight is 865 g/mol. The quantitative estimate of drug-likeness (QED) is 0.155. The van der Waals surface area contributed by atoms with Crippen LogP contribution in [0.15, 0.2) is 218 Å². The first kappa shape index (κ1) is 39.1. The third kappa shape index (κ3) is 5.32. The normalized spacial score (nSPS) is 14.1. The molecule has 14 rings (SSSR count). The maximum absolute atomic E-state index is 2.52. The van der Waals surface area contributed by atoms with Crippen LogP contribution in [0.25, 0.3) is 121 Å². The standard InChI is InChI=1S/C68H48/c1-67(2)57-37-35-54-53(65(57)55-33-31-43(39-59(55)67)63-49-27-15-11-23-45(49)61(41-19-7-5-8-20-41)46-24-12-16-28-50(46)63)36-38-58-66(54)56-34-32-44(40-60(56)68(58,3)4)64-51-29-17-13-25-47(51)62(42-21-9-6-10-22-42)48-26-14-18-30-52(48)64/h5-40H,1-4H3. The number of fused-ring (bicyclic) bond motifs is 13. The van der Waals surface area contributed by atoms with E-state index in [9.17, 15) is 0 Å². The molecule has 0 heteroatoms. The molecule has 0 radical (unpaired) electrons. The highest BCUT2D eigenvalue weighted by atomic mass is 14.4. The monoisotopic (exact) mass is 864 g/mol. The van der Waals surface area contributed by atoms with Crippen molar-refractivity contribution in [3.63, 3.8) is 0 Å². The van der Waals surface area contributed by atoms with Crippen LogP contribution in [0.2, 0.25) is 0 Å². The number of hydrogen-bond acceptors (Lipinski definition) is 0. The Hall–Kier alpha value is -8.06. The molecule has 0 nitrogen and oxygen atoms in total. The van der Waals surface area contributed by atoms with Crippen molar-refractivity contribution in [3.8, 4) is 66.8 Å². The van der Waals surface area contributed by atoms with Gasteiger partial charge in [-0.2, -0.15) is 0 Å².